The van der Waals surface area contributed by atoms with Gasteiger partial charge in [-0.2, -0.15) is 0 Å². The average molecular weight is 446 g/mol. The summed E-state index contributed by atoms with van der Waals surface area (Å²) in [6.45, 7) is 5.26. The summed E-state index contributed by atoms with van der Waals surface area (Å²) in [6.07, 6.45) is 0. The smallest absolute Gasteiger partial charge is 0.275 e. The number of amides is 1. The van der Waals surface area contributed by atoms with Gasteiger partial charge in [0.25, 0.3) is 5.91 Å². The summed E-state index contributed by atoms with van der Waals surface area (Å²) >= 11 is 1.33. The summed E-state index contributed by atoms with van der Waals surface area (Å²) in [5.74, 6) is 0.249. The number of para-hydroxylation sites is 1. The van der Waals surface area contributed by atoms with Gasteiger partial charge in [-0.05, 0) is 57.2 Å². The molecular weight excluding hydrogens is 422 g/mol. The number of carbonyl (C=O) groups is 1. The molecule has 0 saturated carbocycles. The largest absolute Gasteiger partial charge is 0.497 e. The number of nitrogens with zero attached hydrogens (tertiary/aromatic N) is 1. The molecule has 2 aromatic carbocycles. The summed E-state index contributed by atoms with van der Waals surface area (Å²) in [6, 6.07) is 13.6. The standard InChI is InChI=1S/C21H23N3O4S2/c1-21(2,3)24-30(26,27)18-8-6-5-7-16(18)22-19(25)17-13-29-20(23-17)14-9-11-15(28-4)12-10-14/h5-13,24H,1-4H3,(H,22,25). The highest BCUT2D eigenvalue weighted by Crippen LogP contribution is 2.27. The molecule has 1 heterocycles. The lowest BCUT2D eigenvalue weighted by atomic mass is 10.1. The Labute approximate surface area is 180 Å². The van der Waals surface area contributed by atoms with E-state index in [0.717, 1.165) is 11.3 Å². The summed E-state index contributed by atoms with van der Waals surface area (Å²) in [4.78, 5) is 17.1. The zero-order valence-electron chi connectivity index (χ0n) is 17.1. The van der Waals surface area contributed by atoms with Crippen molar-refractivity contribution in [2.24, 2.45) is 0 Å². The van der Waals surface area contributed by atoms with E-state index in [-0.39, 0.29) is 16.3 Å². The molecule has 0 unspecified atom stereocenters. The summed E-state index contributed by atoms with van der Waals surface area (Å²) in [7, 11) is -2.22. The van der Waals surface area contributed by atoms with Crippen molar-refractivity contribution in [3.8, 4) is 16.3 Å². The Morgan fingerprint density at radius 2 is 1.73 bits per heavy atom. The molecule has 0 saturated heterocycles. The number of anilines is 1. The molecule has 0 aliphatic rings. The number of aromatic nitrogens is 1. The molecule has 9 heteroatoms. The highest BCUT2D eigenvalue weighted by molar-refractivity contribution is 7.89. The molecule has 0 fully saturated rings. The molecule has 1 amide bonds. The Kier molecular flexibility index (Phi) is 6.25. The van der Waals surface area contributed by atoms with Gasteiger partial charge in [-0.1, -0.05) is 12.1 Å². The fourth-order valence-corrected chi connectivity index (χ4v) is 5.08. The molecule has 7 nitrogen and oxygen atoms in total. The Hall–Kier alpha value is -2.75. The van der Waals surface area contributed by atoms with Gasteiger partial charge in [-0.3, -0.25) is 4.79 Å². The normalized spacial score (nSPS) is 11.9. The Morgan fingerprint density at radius 3 is 2.37 bits per heavy atom. The molecule has 0 spiro atoms. The molecule has 3 rings (SSSR count). The van der Waals surface area contributed by atoms with Crippen molar-refractivity contribution >= 4 is 33.0 Å². The first-order valence-electron chi connectivity index (χ1n) is 9.13. The van der Waals surface area contributed by atoms with Gasteiger partial charge in [-0.15, -0.1) is 11.3 Å². The molecule has 1 aromatic heterocycles. The van der Waals surface area contributed by atoms with Gasteiger partial charge in [0.15, 0.2) is 0 Å². The summed E-state index contributed by atoms with van der Waals surface area (Å²) < 4.78 is 33.2. The fourth-order valence-electron chi connectivity index (χ4n) is 2.69. The number of carbonyl (C=O) groups excluding carboxylic acids is 1. The molecular formula is C21H23N3O4S2. The minimum Gasteiger partial charge on any atom is -0.497 e. The maximum atomic E-state index is 12.7. The van der Waals surface area contributed by atoms with Crippen molar-refractivity contribution in [3.63, 3.8) is 0 Å². The van der Waals surface area contributed by atoms with Crippen LogP contribution >= 0.6 is 11.3 Å². The van der Waals surface area contributed by atoms with Crippen molar-refractivity contribution in [2.45, 2.75) is 31.2 Å². The average Bonchev–Trinajstić information content (AvgIpc) is 3.17. The summed E-state index contributed by atoms with van der Waals surface area (Å²) in [5, 5.41) is 4.98. The maximum absolute atomic E-state index is 12.7. The van der Waals surface area contributed by atoms with E-state index in [1.54, 1.807) is 51.5 Å². The van der Waals surface area contributed by atoms with Crippen LogP contribution in [-0.4, -0.2) is 32.0 Å². The minimum atomic E-state index is -3.82. The molecule has 3 aromatic rings. The van der Waals surface area contributed by atoms with Crippen LogP contribution in [0.3, 0.4) is 0 Å². The molecule has 2 N–H and O–H groups in total. The quantitative estimate of drug-likeness (QED) is 0.594. The van der Waals surface area contributed by atoms with Crippen LogP contribution in [0.15, 0.2) is 58.8 Å². The number of benzene rings is 2. The third-order valence-corrected chi connectivity index (χ3v) is 6.65. The second-order valence-corrected chi connectivity index (χ2v) is 10.1. The van der Waals surface area contributed by atoms with E-state index in [1.165, 1.54) is 17.4 Å². The lowest BCUT2D eigenvalue weighted by Gasteiger charge is -2.21. The highest BCUT2D eigenvalue weighted by atomic mass is 32.2. The van der Waals surface area contributed by atoms with Crippen LogP contribution in [-0.2, 0) is 10.0 Å². The molecule has 0 atom stereocenters. The second-order valence-electron chi connectivity index (χ2n) is 7.57. The van der Waals surface area contributed by atoms with Crippen molar-refractivity contribution in [1.82, 2.24) is 9.71 Å². The number of nitrogens with one attached hydrogen (secondary N) is 2. The van der Waals surface area contributed by atoms with Crippen LogP contribution in [0.4, 0.5) is 5.69 Å². The Bertz CT molecular complexity index is 1150. The maximum Gasteiger partial charge on any atom is 0.275 e. The first-order chi connectivity index (χ1) is 14.1. The van der Waals surface area contributed by atoms with Crippen LogP contribution in [0.2, 0.25) is 0 Å². The monoisotopic (exact) mass is 445 g/mol. The Morgan fingerprint density at radius 1 is 1.07 bits per heavy atom. The first kappa shape index (κ1) is 21.9. The zero-order valence-corrected chi connectivity index (χ0v) is 18.7. The van der Waals surface area contributed by atoms with Gasteiger partial charge in [0, 0.05) is 16.5 Å². The Balaban J connectivity index is 1.83. The van der Waals surface area contributed by atoms with E-state index in [0.29, 0.717) is 5.01 Å². The van der Waals surface area contributed by atoms with E-state index in [1.807, 2.05) is 24.3 Å². The topological polar surface area (TPSA) is 97.4 Å². The lowest BCUT2D eigenvalue weighted by Crippen LogP contribution is -2.40. The van der Waals surface area contributed by atoms with E-state index >= 15 is 0 Å². The molecule has 0 aliphatic carbocycles. The predicted octanol–water partition coefficient (Wildman–Crippen LogP) is 4.15. The van der Waals surface area contributed by atoms with Gasteiger partial charge in [0.2, 0.25) is 10.0 Å². The van der Waals surface area contributed by atoms with Crippen molar-refractivity contribution in [3.05, 3.63) is 59.6 Å². The van der Waals surface area contributed by atoms with Crippen molar-refractivity contribution in [2.75, 3.05) is 12.4 Å². The number of sulfonamides is 1. The first-order valence-corrected chi connectivity index (χ1v) is 11.5. The van der Waals surface area contributed by atoms with Crippen molar-refractivity contribution in [1.29, 1.82) is 0 Å². The third kappa shape index (κ3) is 5.24. The van der Waals surface area contributed by atoms with E-state index in [9.17, 15) is 13.2 Å². The highest BCUT2D eigenvalue weighted by Gasteiger charge is 2.25. The molecule has 0 aliphatic heterocycles. The predicted molar refractivity (Wildman–Crippen MR) is 119 cm³/mol. The zero-order chi connectivity index (χ0) is 21.9. The van der Waals surface area contributed by atoms with Gasteiger partial charge < -0.3 is 10.1 Å². The SMILES string of the molecule is COc1ccc(-c2nc(C(=O)Nc3ccccc3S(=O)(=O)NC(C)(C)C)cs2)cc1. The van der Waals surface area contributed by atoms with E-state index in [2.05, 4.69) is 15.0 Å². The van der Waals surface area contributed by atoms with Crippen LogP contribution in [0.1, 0.15) is 31.3 Å². The van der Waals surface area contributed by atoms with Crippen LogP contribution < -0.4 is 14.8 Å². The van der Waals surface area contributed by atoms with Gasteiger partial charge in [0.1, 0.15) is 21.3 Å². The second kappa shape index (κ2) is 8.55. The van der Waals surface area contributed by atoms with Crippen molar-refractivity contribution < 1.29 is 17.9 Å². The number of ether oxygens (including phenoxy) is 1. The number of thiazole rings is 1. The number of hydrogen-bond acceptors (Lipinski definition) is 6. The van der Waals surface area contributed by atoms with E-state index < -0.39 is 21.5 Å². The van der Waals surface area contributed by atoms with Crippen LogP contribution in [0.25, 0.3) is 10.6 Å². The minimum absolute atomic E-state index is 0.00103. The third-order valence-electron chi connectivity index (χ3n) is 3.94. The number of methoxy groups -OCH3 is 1. The van der Waals surface area contributed by atoms with Gasteiger partial charge in [0.05, 0.1) is 12.8 Å². The van der Waals surface area contributed by atoms with Crippen LogP contribution in [0.5, 0.6) is 5.75 Å². The van der Waals surface area contributed by atoms with Crippen LogP contribution in [0, 0.1) is 0 Å². The van der Waals surface area contributed by atoms with Gasteiger partial charge in [-0.25, -0.2) is 18.1 Å². The molecule has 0 bridgehead atoms. The number of rotatable bonds is 6. The number of hydrogen-bond donors (Lipinski definition) is 2. The molecule has 0 radical (unpaired) electrons. The summed E-state index contributed by atoms with van der Waals surface area (Å²) in [5.41, 5.74) is 0.607. The van der Waals surface area contributed by atoms with E-state index in [4.69, 9.17) is 4.74 Å². The molecule has 30 heavy (non-hydrogen) atoms. The van der Waals surface area contributed by atoms with Gasteiger partial charge >= 0.3 is 0 Å². The fraction of sp³-hybridized carbons (Fsp3) is 0.238. The molecule has 158 valence electrons. The lowest BCUT2D eigenvalue weighted by molar-refractivity contribution is 0.102.